The summed E-state index contributed by atoms with van der Waals surface area (Å²) in [4.78, 5) is 2.95. The van der Waals surface area contributed by atoms with Crippen LogP contribution >= 0.6 is 44.1 Å². The SMILES string of the molecule is S=c1[nH]ccn1-c1cc(Br)cc(Br)c1. The van der Waals surface area contributed by atoms with Crippen LogP contribution in [0.2, 0.25) is 0 Å². The van der Waals surface area contributed by atoms with Gasteiger partial charge in [0.1, 0.15) is 0 Å². The van der Waals surface area contributed by atoms with E-state index in [1.54, 1.807) is 0 Å². The standard InChI is InChI=1S/C9H6Br2N2S/c10-6-3-7(11)5-8(4-6)13-2-1-12-9(13)14/h1-5H,(H,12,14). The number of rotatable bonds is 1. The summed E-state index contributed by atoms with van der Waals surface area (Å²) in [5, 5.41) is 0. The van der Waals surface area contributed by atoms with Gasteiger partial charge in [-0.3, -0.25) is 4.57 Å². The molecule has 2 aromatic rings. The molecule has 1 aromatic carbocycles. The highest BCUT2D eigenvalue weighted by molar-refractivity contribution is 9.11. The molecule has 0 aliphatic carbocycles. The zero-order valence-corrected chi connectivity index (χ0v) is 11.0. The molecule has 0 bridgehead atoms. The Bertz CT molecular complexity index is 495. The van der Waals surface area contributed by atoms with Crippen LogP contribution < -0.4 is 0 Å². The summed E-state index contributed by atoms with van der Waals surface area (Å²) in [6.45, 7) is 0. The smallest absolute Gasteiger partial charge is 0.181 e. The maximum Gasteiger partial charge on any atom is 0.181 e. The molecule has 2 nitrogen and oxygen atoms in total. The number of hydrogen-bond donors (Lipinski definition) is 1. The lowest BCUT2D eigenvalue weighted by atomic mass is 10.3. The van der Waals surface area contributed by atoms with Crippen molar-refractivity contribution in [2.24, 2.45) is 0 Å². The minimum atomic E-state index is 0.690. The monoisotopic (exact) mass is 332 g/mol. The number of aromatic amines is 1. The van der Waals surface area contributed by atoms with Crippen molar-refractivity contribution < 1.29 is 0 Å². The van der Waals surface area contributed by atoms with Gasteiger partial charge < -0.3 is 4.98 Å². The van der Waals surface area contributed by atoms with E-state index in [-0.39, 0.29) is 0 Å². The summed E-state index contributed by atoms with van der Waals surface area (Å²) in [5.74, 6) is 0. The number of H-pyrrole nitrogens is 1. The second-order valence-corrected chi connectivity index (χ2v) is 4.98. The van der Waals surface area contributed by atoms with Crippen molar-refractivity contribution in [3.05, 3.63) is 44.3 Å². The van der Waals surface area contributed by atoms with Crippen LogP contribution in [0.25, 0.3) is 5.69 Å². The van der Waals surface area contributed by atoms with E-state index in [1.807, 2.05) is 35.2 Å². The van der Waals surface area contributed by atoms with E-state index in [9.17, 15) is 0 Å². The molecule has 0 aliphatic heterocycles. The minimum absolute atomic E-state index is 0.690. The molecule has 0 fully saturated rings. The Balaban J connectivity index is 2.63. The summed E-state index contributed by atoms with van der Waals surface area (Å²) in [6.07, 6.45) is 3.72. The first-order valence-corrected chi connectivity index (χ1v) is 5.89. The molecular weight excluding hydrogens is 328 g/mol. The van der Waals surface area contributed by atoms with Crippen LogP contribution in [0.3, 0.4) is 0 Å². The van der Waals surface area contributed by atoms with E-state index >= 15 is 0 Å². The third kappa shape index (κ3) is 1.99. The highest BCUT2D eigenvalue weighted by Gasteiger charge is 2.00. The van der Waals surface area contributed by atoms with Crippen LogP contribution in [0.15, 0.2) is 39.5 Å². The fourth-order valence-corrected chi connectivity index (χ4v) is 2.71. The number of hydrogen-bond acceptors (Lipinski definition) is 1. The molecule has 0 saturated carbocycles. The maximum absolute atomic E-state index is 5.13. The van der Waals surface area contributed by atoms with Gasteiger partial charge in [-0.25, -0.2) is 0 Å². The van der Waals surface area contributed by atoms with Gasteiger partial charge in [-0.15, -0.1) is 0 Å². The van der Waals surface area contributed by atoms with E-state index in [1.165, 1.54) is 0 Å². The van der Waals surface area contributed by atoms with Crippen molar-refractivity contribution in [3.63, 3.8) is 0 Å². The number of nitrogens with one attached hydrogen (secondary N) is 1. The maximum atomic E-state index is 5.13. The molecule has 1 N–H and O–H groups in total. The largest absolute Gasteiger partial charge is 0.337 e. The van der Waals surface area contributed by atoms with Crippen molar-refractivity contribution in [2.75, 3.05) is 0 Å². The fraction of sp³-hybridized carbons (Fsp3) is 0. The van der Waals surface area contributed by atoms with Gasteiger partial charge in [0.2, 0.25) is 0 Å². The molecule has 14 heavy (non-hydrogen) atoms. The Morgan fingerprint density at radius 2 is 1.79 bits per heavy atom. The lowest BCUT2D eigenvalue weighted by Gasteiger charge is -2.03. The van der Waals surface area contributed by atoms with Crippen LogP contribution in [-0.4, -0.2) is 9.55 Å². The van der Waals surface area contributed by atoms with Gasteiger partial charge in [-0.05, 0) is 30.4 Å². The fourth-order valence-electron chi connectivity index (χ4n) is 1.20. The molecule has 0 saturated heterocycles. The van der Waals surface area contributed by atoms with Crippen molar-refractivity contribution in [1.82, 2.24) is 9.55 Å². The lowest BCUT2D eigenvalue weighted by molar-refractivity contribution is 1.03. The molecule has 0 amide bonds. The average molecular weight is 334 g/mol. The van der Waals surface area contributed by atoms with Crippen molar-refractivity contribution in [2.45, 2.75) is 0 Å². The van der Waals surface area contributed by atoms with E-state index in [0.717, 1.165) is 14.6 Å². The average Bonchev–Trinajstić information content (AvgIpc) is 2.49. The number of nitrogens with zero attached hydrogens (tertiary/aromatic N) is 1. The first-order chi connectivity index (χ1) is 6.66. The summed E-state index contributed by atoms with van der Waals surface area (Å²) < 4.78 is 4.63. The van der Waals surface area contributed by atoms with Crippen LogP contribution in [0.5, 0.6) is 0 Å². The molecule has 0 spiro atoms. The molecular formula is C9H6Br2N2S. The Kier molecular flexibility index (Phi) is 2.90. The first kappa shape index (κ1) is 10.1. The van der Waals surface area contributed by atoms with E-state index in [4.69, 9.17) is 12.2 Å². The van der Waals surface area contributed by atoms with Crippen molar-refractivity contribution in [1.29, 1.82) is 0 Å². The van der Waals surface area contributed by atoms with Gasteiger partial charge in [0.05, 0.1) is 5.69 Å². The van der Waals surface area contributed by atoms with E-state index in [2.05, 4.69) is 36.8 Å². The van der Waals surface area contributed by atoms with Crippen LogP contribution in [-0.2, 0) is 0 Å². The summed E-state index contributed by atoms with van der Waals surface area (Å²) in [5.41, 5.74) is 1.03. The van der Waals surface area contributed by atoms with Crippen molar-refractivity contribution >= 4 is 44.1 Å². The number of aromatic nitrogens is 2. The van der Waals surface area contributed by atoms with Gasteiger partial charge in [0, 0.05) is 21.3 Å². The number of halogens is 2. The molecule has 1 aromatic heterocycles. The van der Waals surface area contributed by atoms with E-state index in [0.29, 0.717) is 4.77 Å². The quantitative estimate of drug-likeness (QED) is 0.780. The van der Waals surface area contributed by atoms with Crippen LogP contribution in [0.4, 0.5) is 0 Å². The van der Waals surface area contributed by atoms with Gasteiger partial charge in [-0.1, -0.05) is 31.9 Å². The first-order valence-electron chi connectivity index (χ1n) is 3.89. The molecule has 2 rings (SSSR count). The van der Waals surface area contributed by atoms with Gasteiger partial charge in [0.25, 0.3) is 0 Å². The second kappa shape index (κ2) is 4.00. The summed E-state index contributed by atoms with van der Waals surface area (Å²) in [7, 11) is 0. The Labute approximate surface area is 103 Å². The summed E-state index contributed by atoms with van der Waals surface area (Å²) >= 11 is 12.0. The summed E-state index contributed by atoms with van der Waals surface area (Å²) in [6, 6.07) is 6.00. The molecule has 0 atom stereocenters. The lowest BCUT2D eigenvalue weighted by Crippen LogP contribution is -1.91. The van der Waals surface area contributed by atoms with Gasteiger partial charge in [0.15, 0.2) is 4.77 Å². The van der Waals surface area contributed by atoms with Crippen molar-refractivity contribution in [3.8, 4) is 5.69 Å². The van der Waals surface area contributed by atoms with Crippen LogP contribution in [0.1, 0.15) is 0 Å². The van der Waals surface area contributed by atoms with Crippen LogP contribution in [0, 0.1) is 4.77 Å². The second-order valence-electron chi connectivity index (χ2n) is 2.76. The molecule has 0 unspecified atom stereocenters. The third-order valence-corrected chi connectivity index (χ3v) is 3.00. The Morgan fingerprint density at radius 1 is 1.14 bits per heavy atom. The third-order valence-electron chi connectivity index (χ3n) is 1.77. The highest BCUT2D eigenvalue weighted by Crippen LogP contribution is 2.22. The number of imidazole rings is 1. The molecule has 72 valence electrons. The zero-order chi connectivity index (χ0) is 10.1. The zero-order valence-electron chi connectivity index (χ0n) is 7.00. The predicted molar refractivity (Wildman–Crippen MR) is 66.4 cm³/mol. The molecule has 0 aliphatic rings. The number of benzene rings is 1. The normalized spacial score (nSPS) is 10.4. The molecule has 1 heterocycles. The Hall–Kier alpha value is -0.390. The predicted octanol–water partition coefficient (Wildman–Crippen LogP) is 4.06. The van der Waals surface area contributed by atoms with Gasteiger partial charge in [-0.2, -0.15) is 0 Å². The highest BCUT2D eigenvalue weighted by atomic mass is 79.9. The Morgan fingerprint density at radius 3 is 2.29 bits per heavy atom. The molecule has 0 radical (unpaired) electrons. The van der Waals surface area contributed by atoms with Gasteiger partial charge >= 0.3 is 0 Å². The topological polar surface area (TPSA) is 20.7 Å². The minimum Gasteiger partial charge on any atom is -0.337 e. The molecule has 5 heteroatoms. The van der Waals surface area contributed by atoms with E-state index < -0.39 is 0 Å².